The van der Waals surface area contributed by atoms with E-state index in [2.05, 4.69) is 21.6 Å². The highest BCUT2D eigenvalue weighted by molar-refractivity contribution is 7.70. The Morgan fingerprint density at radius 1 is 1.31 bits per heavy atom. The molecule has 3 rings (SSSR count). The SMILES string of the molecule is CP(C)(=O)c1ccc(Nc2n[nH]c(C3(CC#N)CCC(=O)CC3)c2C(N)=O)cc1. The molecule has 0 spiro atoms. The average Bonchev–Trinajstić information content (AvgIpc) is 3.08. The van der Waals surface area contributed by atoms with Gasteiger partial charge in [-0.3, -0.25) is 14.7 Å². The summed E-state index contributed by atoms with van der Waals surface area (Å²) >= 11 is 0. The molecule has 0 atom stereocenters. The maximum Gasteiger partial charge on any atom is 0.254 e. The summed E-state index contributed by atoms with van der Waals surface area (Å²) in [5, 5.41) is 20.3. The second-order valence-electron chi connectivity index (χ2n) is 7.86. The summed E-state index contributed by atoms with van der Waals surface area (Å²) in [5.41, 5.74) is 6.38. The normalized spacial score (nSPS) is 16.2. The summed E-state index contributed by atoms with van der Waals surface area (Å²) in [5.74, 6) is -0.236. The zero-order valence-electron chi connectivity index (χ0n) is 16.5. The number of nitrogens with zero attached hydrogens (tertiary/aromatic N) is 2. The number of rotatable bonds is 6. The highest BCUT2D eigenvalue weighted by Crippen LogP contribution is 2.43. The Kier molecular flexibility index (Phi) is 5.63. The van der Waals surface area contributed by atoms with Crippen molar-refractivity contribution in [2.45, 2.75) is 37.5 Å². The third-order valence-electron chi connectivity index (χ3n) is 5.48. The molecule has 4 N–H and O–H groups in total. The summed E-state index contributed by atoms with van der Waals surface area (Å²) in [6.45, 7) is 3.40. The van der Waals surface area contributed by atoms with Crippen LogP contribution in [-0.4, -0.2) is 35.2 Å². The van der Waals surface area contributed by atoms with E-state index < -0.39 is 18.5 Å². The van der Waals surface area contributed by atoms with Crippen LogP contribution in [0.5, 0.6) is 0 Å². The number of aromatic nitrogens is 2. The first kappa shape index (κ1) is 20.8. The first-order chi connectivity index (χ1) is 13.7. The Hall–Kier alpha value is -2.91. The average molecular weight is 413 g/mol. The van der Waals surface area contributed by atoms with Crippen LogP contribution in [0.25, 0.3) is 0 Å². The summed E-state index contributed by atoms with van der Waals surface area (Å²) in [4.78, 5) is 24.0. The lowest BCUT2D eigenvalue weighted by Crippen LogP contribution is -2.34. The summed E-state index contributed by atoms with van der Waals surface area (Å²) in [6.07, 6.45) is 1.82. The van der Waals surface area contributed by atoms with Gasteiger partial charge in [0.2, 0.25) is 0 Å². The van der Waals surface area contributed by atoms with Crippen molar-refractivity contribution in [1.82, 2.24) is 10.2 Å². The monoisotopic (exact) mass is 413 g/mol. The maximum absolute atomic E-state index is 12.3. The zero-order valence-corrected chi connectivity index (χ0v) is 17.4. The molecule has 1 heterocycles. The summed E-state index contributed by atoms with van der Waals surface area (Å²) in [7, 11) is -2.36. The lowest BCUT2D eigenvalue weighted by atomic mass is 9.68. The molecule has 0 bridgehead atoms. The summed E-state index contributed by atoms with van der Waals surface area (Å²) < 4.78 is 12.2. The molecule has 1 aromatic carbocycles. The minimum atomic E-state index is -2.36. The number of anilines is 2. The number of hydrogen-bond acceptors (Lipinski definition) is 6. The van der Waals surface area contributed by atoms with Gasteiger partial charge >= 0.3 is 0 Å². The minimum Gasteiger partial charge on any atom is -0.365 e. The fourth-order valence-corrected chi connectivity index (χ4v) is 4.64. The topological polar surface area (TPSA) is 142 Å². The minimum absolute atomic E-state index is 0.154. The standard InChI is InChI=1S/C20H24N5O3P/c1-29(2,28)15-5-3-13(4-6-15)23-19-16(18(22)27)17(24-25-19)20(11-12-21)9-7-14(26)8-10-20/h3-6H,7-11H2,1-2H3,(H2,22,27)(H2,23,24,25). The van der Waals surface area contributed by atoms with Gasteiger partial charge in [0.15, 0.2) is 5.82 Å². The van der Waals surface area contributed by atoms with Crippen molar-refractivity contribution in [3.8, 4) is 6.07 Å². The maximum atomic E-state index is 12.3. The number of nitriles is 1. The van der Waals surface area contributed by atoms with Gasteiger partial charge in [-0.05, 0) is 50.4 Å². The first-order valence-corrected chi connectivity index (χ1v) is 12.0. The molecule has 1 amide bonds. The van der Waals surface area contributed by atoms with Crippen LogP contribution in [0.1, 0.15) is 48.2 Å². The predicted octanol–water partition coefficient (Wildman–Crippen LogP) is 2.79. The van der Waals surface area contributed by atoms with E-state index in [1.807, 2.05) is 0 Å². The largest absolute Gasteiger partial charge is 0.365 e. The van der Waals surface area contributed by atoms with Gasteiger partial charge in [-0.15, -0.1) is 0 Å². The summed E-state index contributed by atoms with van der Waals surface area (Å²) in [6, 6.07) is 9.24. The zero-order chi connectivity index (χ0) is 21.2. The van der Waals surface area contributed by atoms with Gasteiger partial charge in [0.25, 0.3) is 5.91 Å². The van der Waals surface area contributed by atoms with Crippen LogP contribution in [0.2, 0.25) is 0 Å². The molecule has 2 aromatic rings. The molecular weight excluding hydrogens is 389 g/mol. The van der Waals surface area contributed by atoms with Gasteiger partial charge in [-0.25, -0.2) is 0 Å². The molecule has 1 aromatic heterocycles. The van der Waals surface area contributed by atoms with Crippen LogP contribution in [0.3, 0.4) is 0 Å². The van der Waals surface area contributed by atoms with Crippen LogP contribution in [0, 0.1) is 11.3 Å². The molecule has 1 aliphatic rings. The number of nitrogens with one attached hydrogen (secondary N) is 2. The molecule has 8 nitrogen and oxygen atoms in total. The Balaban J connectivity index is 1.97. The lowest BCUT2D eigenvalue weighted by Gasteiger charge is -2.34. The molecule has 0 unspecified atom stereocenters. The first-order valence-electron chi connectivity index (χ1n) is 9.36. The van der Waals surface area contributed by atoms with E-state index in [-0.39, 0.29) is 23.6 Å². The molecule has 1 fully saturated rings. The molecule has 0 saturated heterocycles. The number of aromatic amines is 1. The van der Waals surface area contributed by atoms with Crippen molar-refractivity contribution in [2.75, 3.05) is 18.6 Å². The number of ketones is 1. The molecule has 152 valence electrons. The van der Waals surface area contributed by atoms with Crippen LogP contribution in [0.15, 0.2) is 24.3 Å². The van der Waals surface area contributed by atoms with E-state index in [0.29, 0.717) is 37.1 Å². The second kappa shape index (κ2) is 7.84. The molecule has 0 aliphatic heterocycles. The van der Waals surface area contributed by atoms with Crippen molar-refractivity contribution in [2.24, 2.45) is 5.73 Å². The lowest BCUT2D eigenvalue weighted by molar-refractivity contribution is -0.121. The molecule has 0 radical (unpaired) electrons. The van der Waals surface area contributed by atoms with Crippen molar-refractivity contribution >= 4 is 35.6 Å². The van der Waals surface area contributed by atoms with Gasteiger partial charge < -0.3 is 15.6 Å². The third kappa shape index (κ3) is 4.25. The van der Waals surface area contributed by atoms with Crippen LogP contribution >= 0.6 is 7.14 Å². The fourth-order valence-electron chi connectivity index (χ4n) is 3.77. The number of H-pyrrole nitrogens is 1. The smallest absolute Gasteiger partial charge is 0.254 e. The quantitative estimate of drug-likeness (QED) is 0.622. The van der Waals surface area contributed by atoms with Crippen molar-refractivity contribution in [3.63, 3.8) is 0 Å². The van der Waals surface area contributed by atoms with E-state index in [0.717, 1.165) is 5.30 Å². The van der Waals surface area contributed by atoms with Gasteiger partial charge in [0.1, 0.15) is 18.5 Å². The number of Topliss-reactive ketones (excluding diaryl/α,β-unsaturated/α-hetero) is 1. The second-order valence-corrected chi connectivity index (χ2v) is 11.1. The van der Waals surface area contributed by atoms with Crippen LogP contribution < -0.4 is 16.4 Å². The van der Waals surface area contributed by atoms with Gasteiger partial charge in [-0.1, -0.05) is 0 Å². The third-order valence-corrected chi connectivity index (χ3v) is 7.02. The molecule has 1 saturated carbocycles. The number of nitrogens with two attached hydrogens (primary N) is 1. The van der Waals surface area contributed by atoms with Gasteiger partial charge in [0, 0.05) is 35.7 Å². The Bertz CT molecular complexity index is 1020. The number of amides is 1. The molecule has 9 heteroatoms. The van der Waals surface area contributed by atoms with Crippen LogP contribution in [-0.2, 0) is 14.8 Å². The van der Waals surface area contributed by atoms with E-state index >= 15 is 0 Å². The fraction of sp³-hybridized carbons (Fsp3) is 0.400. The Labute approximate surface area is 169 Å². The van der Waals surface area contributed by atoms with E-state index in [1.165, 1.54) is 0 Å². The Morgan fingerprint density at radius 2 is 1.93 bits per heavy atom. The van der Waals surface area contributed by atoms with E-state index in [4.69, 9.17) is 5.73 Å². The van der Waals surface area contributed by atoms with Gasteiger partial charge in [0.05, 0.1) is 11.8 Å². The number of hydrogen-bond donors (Lipinski definition) is 3. The van der Waals surface area contributed by atoms with Crippen molar-refractivity contribution in [3.05, 3.63) is 35.5 Å². The van der Waals surface area contributed by atoms with E-state index in [1.54, 1.807) is 37.6 Å². The number of primary amides is 1. The molecular formula is C20H24N5O3P. The highest BCUT2D eigenvalue weighted by atomic mass is 31.2. The predicted molar refractivity (Wildman–Crippen MR) is 111 cm³/mol. The molecule has 1 aliphatic carbocycles. The Morgan fingerprint density at radius 3 is 2.45 bits per heavy atom. The van der Waals surface area contributed by atoms with Crippen molar-refractivity contribution < 1.29 is 14.2 Å². The van der Waals surface area contributed by atoms with Crippen LogP contribution in [0.4, 0.5) is 11.5 Å². The van der Waals surface area contributed by atoms with Gasteiger partial charge in [-0.2, -0.15) is 10.4 Å². The van der Waals surface area contributed by atoms with E-state index in [9.17, 15) is 19.4 Å². The molecule has 29 heavy (non-hydrogen) atoms. The van der Waals surface area contributed by atoms with Crippen molar-refractivity contribution in [1.29, 1.82) is 5.26 Å². The number of benzene rings is 1. The highest BCUT2D eigenvalue weighted by Gasteiger charge is 2.41. The number of carbonyl (C=O) groups is 2. The number of carbonyl (C=O) groups excluding carboxylic acids is 2.